The van der Waals surface area contributed by atoms with Gasteiger partial charge in [-0.2, -0.15) is 0 Å². The van der Waals surface area contributed by atoms with Gasteiger partial charge in [-0.1, -0.05) is 34.1 Å². The van der Waals surface area contributed by atoms with Gasteiger partial charge in [0.05, 0.1) is 5.60 Å². The summed E-state index contributed by atoms with van der Waals surface area (Å²) in [5.74, 6) is 0. The molecule has 0 aromatic heterocycles. The smallest absolute Gasteiger partial charge is 0.0715 e. The molecule has 0 radical (unpaired) electrons. The normalized spacial score (nSPS) is 13.9. The molecule has 0 aliphatic rings. The highest BCUT2D eigenvalue weighted by Crippen LogP contribution is 2.22. The fraction of sp³-hybridized carbons (Fsp3) is 0.500. The Bertz CT molecular complexity index is 320. The van der Waals surface area contributed by atoms with Crippen molar-refractivity contribution in [2.45, 2.75) is 32.4 Å². The number of aliphatic hydroxyl groups is 1. The maximum atomic E-state index is 9.61. The van der Waals surface area contributed by atoms with Gasteiger partial charge in [-0.05, 0) is 32.4 Å². The molecule has 3 heteroatoms. The highest BCUT2D eigenvalue weighted by Gasteiger charge is 2.15. The molecule has 1 unspecified atom stereocenters. The highest BCUT2D eigenvalue weighted by molar-refractivity contribution is 9.10. The Labute approximate surface area is 99.8 Å². The molecule has 0 saturated carbocycles. The van der Waals surface area contributed by atoms with Crippen LogP contribution in [0, 0.1) is 0 Å². The fourth-order valence-corrected chi connectivity index (χ4v) is 1.97. The van der Waals surface area contributed by atoms with Gasteiger partial charge in [0, 0.05) is 17.1 Å². The van der Waals surface area contributed by atoms with Gasteiger partial charge in [0.25, 0.3) is 0 Å². The van der Waals surface area contributed by atoms with E-state index in [-0.39, 0.29) is 6.04 Å². The Morgan fingerprint density at radius 2 is 2.00 bits per heavy atom. The van der Waals surface area contributed by atoms with Crippen LogP contribution < -0.4 is 5.32 Å². The Balaban J connectivity index is 2.62. The number of rotatable bonds is 4. The zero-order chi connectivity index (χ0) is 11.5. The third kappa shape index (κ3) is 4.33. The largest absolute Gasteiger partial charge is 0.389 e. The lowest BCUT2D eigenvalue weighted by Gasteiger charge is -2.22. The lowest BCUT2D eigenvalue weighted by molar-refractivity contribution is 0.0770. The van der Waals surface area contributed by atoms with Crippen LogP contribution in [0.4, 0.5) is 0 Å². The Hall–Kier alpha value is -0.380. The van der Waals surface area contributed by atoms with Gasteiger partial charge in [-0.25, -0.2) is 0 Å². The standard InChI is InChI=1S/C12H18BrNO/c1-9(14-8-12(2,3)15)10-6-4-5-7-11(10)13/h4-7,9,14-15H,8H2,1-3H3. The molecular weight excluding hydrogens is 254 g/mol. The molecule has 2 N–H and O–H groups in total. The number of hydrogen-bond acceptors (Lipinski definition) is 2. The van der Waals surface area contributed by atoms with E-state index in [1.807, 2.05) is 18.2 Å². The van der Waals surface area contributed by atoms with E-state index in [1.165, 1.54) is 5.56 Å². The minimum atomic E-state index is -0.671. The van der Waals surface area contributed by atoms with Crippen LogP contribution in [0.5, 0.6) is 0 Å². The van der Waals surface area contributed by atoms with Crippen molar-refractivity contribution in [3.05, 3.63) is 34.3 Å². The monoisotopic (exact) mass is 271 g/mol. The summed E-state index contributed by atoms with van der Waals surface area (Å²) in [5, 5.41) is 12.9. The summed E-state index contributed by atoms with van der Waals surface area (Å²) >= 11 is 3.51. The summed E-state index contributed by atoms with van der Waals surface area (Å²) in [4.78, 5) is 0. The Morgan fingerprint density at radius 1 is 1.40 bits per heavy atom. The quantitative estimate of drug-likeness (QED) is 0.883. The van der Waals surface area contributed by atoms with Crippen LogP contribution in [-0.2, 0) is 0 Å². The lowest BCUT2D eigenvalue weighted by Crippen LogP contribution is -2.36. The molecule has 0 fully saturated rings. The predicted molar refractivity (Wildman–Crippen MR) is 66.9 cm³/mol. The SMILES string of the molecule is CC(NCC(C)(C)O)c1ccccc1Br. The highest BCUT2D eigenvalue weighted by atomic mass is 79.9. The van der Waals surface area contributed by atoms with E-state index < -0.39 is 5.60 Å². The van der Waals surface area contributed by atoms with Gasteiger partial charge >= 0.3 is 0 Å². The van der Waals surface area contributed by atoms with E-state index in [4.69, 9.17) is 0 Å². The molecule has 0 aliphatic carbocycles. The van der Waals surface area contributed by atoms with Crippen molar-refractivity contribution in [1.82, 2.24) is 5.32 Å². The lowest BCUT2D eigenvalue weighted by atomic mass is 10.1. The first-order chi connectivity index (χ1) is 6.90. The molecule has 0 heterocycles. The second-order valence-electron chi connectivity index (χ2n) is 4.44. The molecule has 15 heavy (non-hydrogen) atoms. The number of halogens is 1. The van der Waals surface area contributed by atoms with Crippen LogP contribution >= 0.6 is 15.9 Å². The van der Waals surface area contributed by atoms with E-state index in [1.54, 1.807) is 13.8 Å². The van der Waals surface area contributed by atoms with E-state index in [9.17, 15) is 5.11 Å². The maximum absolute atomic E-state index is 9.61. The van der Waals surface area contributed by atoms with Gasteiger partial charge in [0.1, 0.15) is 0 Å². The van der Waals surface area contributed by atoms with Crippen molar-refractivity contribution < 1.29 is 5.11 Å². The van der Waals surface area contributed by atoms with Crippen molar-refractivity contribution in [1.29, 1.82) is 0 Å². The molecular formula is C12H18BrNO. The van der Waals surface area contributed by atoms with Crippen LogP contribution in [0.25, 0.3) is 0 Å². The fourth-order valence-electron chi connectivity index (χ4n) is 1.34. The molecule has 84 valence electrons. The van der Waals surface area contributed by atoms with Crippen LogP contribution in [0.15, 0.2) is 28.7 Å². The molecule has 1 aromatic rings. The molecule has 1 aromatic carbocycles. The van der Waals surface area contributed by atoms with E-state index in [2.05, 4.69) is 34.2 Å². The van der Waals surface area contributed by atoms with Gasteiger partial charge in [-0.15, -0.1) is 0 Å². The predicted octanol–water partition coefficient (Wildman–Crippen LogP) is 2.87. The van der Waals surface area contributed by atoms with Crippen LogP contribution in [0.3, 0.4) is 0 Å². The third-order valence-corrected chi connectivity index (χ3v) is 2.93. The molecule has 2 nitrogen and oxygen atoms in total. The first-order valence-corrected chi connectivity index (χ1v) is 5.89. The summed E-state index contributed by atoms with van der Waals surface area (Å²) in [6, 6.07) is 8.34. The Kier molecular flexibility index (Phi) is 4.32. The van der Waals surface area contributed by atoms with Crippen molar-refractivity contribution in [2.75, 3.05) is 6.54 Å². The average molecular weight is 272 g/mol. The first kappa shape index (κ1) is 12.7. The minimum absolute atomic E-state index is 0.229. The third-order valence-electron chi connectivity index (χ3n) is 2.21. The minimum Gasteiger partial charge on any atom is -0.389 e. The van der Waals surface area contributed by atoms with Crippen LogP contribution in [0.2, 0.25) is 0 Å². The Morgan fingerprint density at radius 3 is 2.53 bits per heavy atom. The van der Waals surface area contributed by atoms with Crippen molar-refractivity contribution in [2.24, 2.45) is 0 Å². The van der Waals surface area contributed by atoms with Crippen molar-refractivity contribution in [3.63, 3.8) is 0 Å². The van der Waals surface area contributed by atoms with Gasteiger partial charge in [-0.3, -0.25) is 0 Å². The maximum Gasteiger partial charge on any atom is 0.0715 e. The molecule has 0 saturated heterocycles. The van der Waals surface area contributed by atoms with Crippen LogP contribution in [-0.4, -0.2) is 17.3 Å². The summed E-state index contributed by atoms with van der Waals surface area (Å²) in [6.45, 7) is 6.26. The van der Waals surface area contributed by atoms with Crippen molar-refractivity contribution >= 4 is 15.9 Å². The van der Waals surface area contributed by atoms with E-state index in [0.717, 1.165) is 4.47 Å². The molecule has 1 atom stereocenters. The average Bonchev–Trinajstić information content (AvgIpc) is 2.14. The van der Waals surface area contributed by atoms with E-state index >= 15 is 0 Å². The summed E-state index contributed by atoms with van der Waals surface area (Å²) in [7, 11) is 0. The molecule has 0 spiro atoms. The second kappa shape index (κ2) is 5.10. The summed E-state index contributed by atoms with van der Waals surface area (Å²) in [5.41, 5.74) is 0.539. The zero-order valence-corrected chi connectivity index (χ0v) is 11.0. The van der Waals surface area contributed by atoms with Gasteiger partial charge in [0.2, 0.25) is 0 Å². The first-order valence-electron chi connectivity index (χ1n) is 5.10. The van der Waals surface area contributed by atoms with E-state index in [0.29, 0.717) is 6.54 Å². The van der Waals surface area contributed by atoms with Crippen molar-refractivity contribution in [3.8, 4) is 0 Å². The van der Waals surface area contributed by atoms with Gasteiger partial charge in [0.15, 0.2) is 0 Å². The topological polar surface area (TPSA) is 32.3 Å². The zero-order valence-electron chi connectivity index (χ0n) is 9.42. The molecule has 0 amide bonds. The number of benzene rings is 1. The molecule has 0 bridgehead atoms. The van der Waals surface area contributed by atoms with Crippen LogP contribution in [0.1, 0.15) is 32.4 Å². The van der Waals surface area contributed by atoms with Gasteiger partial charge < -0.3 is 10.4 Å². The molecule has 0 aliphatic heterocycles. The summed E-state index contributed by atoms with van der Waals surface area (Å²) < 4.78 is 1.10. The second-order valence-corrected chi connectivity index (χ2v) is 5.29. The number of hydrogen-bond donors (Lipinski definition) is 2. The number of nitrogens with one attached hydrogen (secondary N) is 1. The molecule has 1 rings (SSSR count). The summed E-state index contributed by atoms with van der Waals surface area (Å²) in [6.07, 6.45) is 0.